The molecule has 3 nitrogen and oxygen atoms in total. The number of rotatable bonds is 3. The first kappa shape index (κ1) is 14.5. The Kier molecular flexibility index (Phi) is 3.72. The smallest absolute Gasteiger partial charge is 0.127 e. The Morgan fingerprint density at radius 2 is 1.95 bits per heavy atom. The summed E-state index contributed by atoms with van der Waals surface area (Å²) in [7, 11) is 1.95. The molecule has 2 heterocycles. The summed E-state index contributed by atoms with van der Waals surface area (Å²) in [6, 6.07) is 4.02. The third-order valence-corrected chi connectivity index (χ3v) is 4.50. The van der Waals surface area contributed by atoms with Gasteiger partial charge in [0.2, 0.25) is 0 Å². The molecule has 1 N–H and O–H groups in total. The average Bonchev–Trinajstić information content (AvgIpc) is 2.99. The molecule has 3 rings (SSSR count). The van der Waals surface area contributed by atoms with Gasteiger partial charge < -0.3 is 14.5 Å². The zero-order valence-electron chi connectivity index (χ0n) is 12.8. The van der Waals surface area contributed by atoms with Gasteiger partial charge >= 0.3 is 0 Å². The van der Waals surface area contributed by atoms with Crippen molar-refractivity contribution >= 4 is 11.6 Å². The van der Waals surface area contributed by atoms with Gasteiger partial charge in [0.15, 0.2) is 0 Å². The molecule has 1 aliphatic heterocycles. The number of ether oxygens (including phenoxy) is 1. The second kappa shape index (κ2) is 5.39. The molecule has 0 saturated carbocycles. The highest BCUT2D eigenvalue weighted by molar-refractivity contribution is 6.30. The Morgan fingerprint density at radius 1 is 1.19 bits per heavy atom. The molecule has 1 unspecified atom stereocenters. The van der Waals surface area contributed by atoms with Crippen LogP contribution in [0.2, 0.25) is 5.02 Å². The van der Waals surface area contributed by atoms with Crippen LogP contribution in [0, 0.1) is 20.8 Å². The molecule has 1 atom stereocenters. The van der Waals surface area contributed by atoms with E-state index in [1.807, 2.05) is 33.0 Å². The van der Waals surface area contributed by atoms with Crippen molar-refractivity contribution in [3.63, 3.8) is 0 Å². The Morgan fingerprint density at radius 3 is 2.57 bits per heavy atom. The van der Waals surface area contributed by atoms with E-state index < -0.39 is 0 Å². The van der Waals surface area contributed by atoms with Gasteiger partial charge in [-0.15, -0.1) is 0 Å². The predicted octanol–water partition coefficient (Wildman–Crippen LogP) is 4.10. The maximum absolute atomic E-state index is 6.30. The van der Waals surface area contributed by atoms with Crippen LogP contribution in [0.15, 0.2) is 16.5 Å². The van der Waals surface area contributed by atoms with Crippen molar-refractivity contribution in [1.29, 1.82) is 0 Å². The van der Waals surface area contributed by atoms with Gasteiger partial charge in [0, 0.05) is 22.6 Å². The molecule has 4 heteroatoms. The zero-order chi connectivity index (χ0) is 15.1. The molecule has 2 aromatic rings. The largest absolute Gasteiger partial charge is 0.493 e. The van der Waals surface area contributed by atoms with Crippen LogP contribution in [0.5, 0.6) is 5.75 Å². The fourth-order valence-corrected chi connectivity index (χ4v) is 3.45. The number of furan rings is 1. The lowest BCUT2D eigenvalue weighted by atomic mass is 9.93. The topological polar surface area (TPSA) is 34.4 Å². The molecule has 1 aromatic heterocycles. The lowest BCUT2D eigenvalue weighted by Crippen LogP contribution is -2.19. The van der Waals surface area contributed by atoms with Crippen LogP contribution >= 0.6 is 11.6 Å². The molecular formula is C17H20ClNO2. The van der Waals surface area contributed by atoms with Crippen molar-refractivity contribution in [3.8, 4) is 5.75 Å². The fourth-order valence-electron chi connectivity index (χ4n) is 3.20. The Hall–Kier alpha value is -1.45. The summed E-state index contributed by atoms with van der Waals surface area (Å²) in [6.45, 7) is 6.82. The first-order chi connectivity index (χ1) is 10.0. The molecule has 0 aliphatic carbocycles. The van der Waals surface area contributed by atoms with E-state index in [1.54, 1.807) is 0 Å². The van der Waals surface area contributed by atoms with Gasteiger partial charge in [-0.2, -0.15) is 0 Å². The third-order valence-electron chi connectivity index (χ3n) is 4.28. The van der Waals surface area contributed by atoms with Crippen molar-refractivity contribution in [3.05, 3.63) is 50.9 Å². The minimum atomic E-state index is 0.0213. The second-order valence-electron chi connectivity index (χ2n) is 5.56. The molecule has 0 bridgehead atoms. The second-order valence-corrected chi connectivity index (χ2v) is 5.99. The minimum absolute atomic E-state index is 0.0213. The Labute approximate surface area is 130 Å². The van der Waals surface area contributed by atoms with Crippen molar-refractivity contribution < 1.29 is 9.15 Å². The lowest BCUT2D eigenvalue weighted by molar-refractivity contribution is 0.351. The minimum Gasteiger partial charge on any atom is -0.493 e. The van der Waals surface area contributed by atoms with Crippen LogP contribution in [0.3, 0.4) is 0 Å². The first-order valence-electron chi connectivity index (χ1n) is 7.21. The molecule has 0 spiro atoms. The summed E-state index contributed by atoms with van der Waals surface area (Å²) in [5, 5.41) is 4.14. The van der Waals surface area contributed by atoms with E-state index in [2.05, 4.69) is 12.2 Å². The molecule has 1 aromatic carbocycles. The zero-order valence-corrected chi connectivity index (χ0v) is 13.6. The Balaban J connectivity index is 2.17. The molecular weight excluding hydrogens is 286 g/mol. The molecule has 0 saturated heterocycles. The average molecular weight is 306 g/mol. The molecule has 112 valence electrons. The van der Waals surface area contributed by atoms with Crippen LogP contribution < -0.4 is 10.1 Å². The quantitative estimate of drug-likeness (QED) is 0.927. The fraction of sp³-hybridized carbons (Fsp3) is 0.412. The molecule has 1 aliphatic rings. The van der Waals surface area contributed by atoms with Gasteiger partial charge in [-0.05, 0) is 51.1 Å². The summed E-state index contributed by atoms with van der Waals surface area (Å²) < 4.78 is 11.6. The van der Waals surface area contributed by atoms with Gasteiger partial charge in [-0.1, -0.05) is 11.6 Å². The van der Waals surface area contributed by atoms with E-state index in [4.69, 9.17) is 20.8 Å². The lowest BCUT2D eigenvalue weighted by Gasteiger charge is -2.20. The SMILES string of the molecule is CNC(c1cc(Cl)cc2c1OCC2)c1c(C)oc(C)c1C. The van der Waals surface area contributed by atoms with E-state index in [0.29, 0.717) is 0 Å². The number of aryl methyl sites for hydroxylation is 2. The van der Waals surface area contributed by atoms with Crippen LogP contribution in [-0.2, 0) is 6.42 Å². The van der Waals surface area contributed by atoms with Gasteiger partial charge in [0.05, 0.1) is 12.6 Å². The van der Waals surface area contributed by atoms with Gasteiger partial charge in [0.1, 0.15) is 17.3 Å². The predicted molar refractivity (Wildman–Crippen MR) is 84.5 cm³/mol. The summed E-state index contributed by atoms with van der Waals surface area (Å²) in [5.41, 5.74) is 4.63. The third kappa shape index (κ3) is 2.34. The highest BCUT2D eigenvalue weighted by Gasteiger charge is 2.27. The maximum Gasteiger partial charge on any atom is 0.127 e. The molecule has 21 heavy (non-hydrogen) atoms. The number of fused-ring (bicyclic) bond motifs is 1. The highest BCUT2D eigenvalue weighted by Crippen LogP contribution is 2.40. The number of benzene rings is 1. The van der Waals surface area contributed by atoms with Crippen LogP contribution in [0.25, 0.3) is 0 Å². The van der Waals surface area contributed by atoms with Crippen LogP contribution in [-0.4, -0.2) is 13.7 Å². The van der Waals surface area contributed by atoms with E-state index in [-0.39, 0.29) is 6.04 Å². The van der Waals surface area contributed by atoms with Crippen molar-refractivity contribution in [2.45, 2.75) is 33.2 Å². The Bertz CT molecular complexity index is 691. The first-order valence-corrected chi connectivity index (χ1v) is 7.59. The number of nitrogens with one attached hydrogen (secondary N) is 1. The number of hydrogen-bond donors (Lipinski definition) is 1. The van der Waals surface area contributed by atoms with E-state index in [0.717, 1.165) is 40.9 Å². The van der Waals surface area contributed by atoms with E-state index in [9.17, 15) is 0 Å². The summed E-state index contributed by atoms with van der Waals surface area (Å²) in [5.74, 6) is 2.87. The standard InChI is InChI=1S/C17H20ClNO2/c1-9-10(2)21-11(3)15(9)16(19-4)14-8-13(18)7-12-5-6-20-17(12)14/h7-8,16,19H,5-6H2,1-4H3. The van der Waals surface area contributed by atoms with Crippen LogP contribution in [0.4, 0.5) is 0 Å². The van der Waals surface area contributed by atoms with Crippen molar-refractivity contribution in [2.24, 2.45) is 0 Å². The molecule has 0 amide bonds. The summed E-state index contributed by atoms with van der Waals surface area (Å²) >= 11 is 6.30. The number of halogens is 1. The van der Waals surface area contributed by atoms with E-state index in [1.165, 1.54) is 16.7 Å². The monoisotopic (exact) mass is 305 g/mol. The van der Waals surface area contributed by atoms with Gasteiger partial charge in [-0.25, -0.2) is 0 Å². The maximum atomic E-state index is 6.30. The number of hydrogen-bond acceptors (Lipinski definition) is 3. The van der Waals surface area contributed by atoms with E-state index >= 15 is 0 Å². The van der Waals surface area contributed by atoms with Crippen molar-refractivity contribution in [1.82, 2.24) is 5.32 Å². The highest BCUT2D eigenvalue weighted by atomic mass is 35.5. The summed E-state index contributed by atoms with van der Waals surface area (Å²) in [6.07, 6.45) is 0.918. The molecule has 0 radical (unpaired) electrons. The van der Waals surface area contributed by atoms with Gasteiger partial charge in [-0.3, -0.25) is 0 Å². The van der Waals surface area contributed by atoms with Crippen molar-refractivity contribution in [2.75, 3.05) is 13.7 Å². The normalized spacial score (nSPS) is 14.9. The summed E-state index contributed by atoms with van der Waals surface area (Å²) in [4.78, 5) is 0. The van der Waals surface area contributed by atoms with Gasteiger partial charge in [0.25, 0.3) is 0 Å². The van der Waals surface area contributed by atoms with Crippen LogP contribution in [0.1, 0.15) is 39.8 Å². The molecule has 0 fully saturated rings.